The Morgan fingerprint density at radius 2 is 1.76 bits per heavy atom. The highest BCUT2D eigenvalue weighted by atomic mass is 32.2. The summed E-state index contributed by atoms with van der Waals surface area (Å²) in [5.41, 5.74) is 5.28. The van der Waals surface area contributed by atoms with Gasteiger partial charge in [-0.1, -0.05) is 19.3 Å². The molecule has 0 radical (unpaired) electrons. The Morgan fingerprint density at radius 1 is 1.10 bits per heavy atom. The van der Waals surface area contributed by atoms with Gasteiger partial charge in [0.15, 0.2) is 0 Å². The number of thioether (sulfide) groups is 1. The molecule has 0 spiro atoms. The standard InChI is InChI=1S/C17H32N2OS/c1-13(17(18)20)19-11-14-7-9-16(10-8-14)21-12-15-5-3-2-4-6-15/h13-16,19H,2-12H2,1H3,(H2,18,20)/t13-,14?,16?/m0/s1. The third-order valence-electron chi connectivity index (χ3n) is 5.23. The van der Waals surface area contributed by atoms with Crippen molar-refractivity contribution in [2.75, 3.05) is 12.3 Å². The molecule has 0 aromatic carbocycles. The zero-order valence-electron chi connectivity index (χ0n) is 13.5. The van der Waals surface area contributed by atoms with E-state index in [0.29, 0.717) is 0 Å². The summed E-state index contributed by atoms with van der Waals surface area (Å²) in [5.74, 6) is 2.89. The molecule has 0 heterocycles. The molecule has 3 N–H and O–H groups in total. The Hall–Kier alpha value is -0.220. The summed E-state index contributed by atoms with van der Waals surface area (Å²) in [4.78, 5) is 11.0. The molecule has 0 aromatic rings. The minimum Gasteiger partial charge on any atom is -0.368 e. The lowest BCUT2D eigenvalue weighted by atomic mass is 9.88. The summed E-state index contributed by atoms with van der Waals surface area (Å²) < 4.78 is 0. The van der Waals surface area contributed by atoms with Crippen LogP contribution in [0, 0.1) is 11.8 Å². The molecule has 1 atom stereocenters. The minimum atomic E-state index is -0.244. The molecule has 2 saturated carbocycles. The minimum absolute atomic E-state index is 0.191. The lowest BCUT2D eigenvalue weighted by molar-refractivity contribution is -0.119. The fourth-order valence-electron chi connectivity index (χ4n) is 3.57. The highest BCUT2D eigenvalue weighted by Gasteiger charge is 2.23. The number of primary amides is 1. The van der Waals surface area contributed by atoms with Crippen LogP contribution in [-0.4, -0.2) is 29.5 Å². The first-order valence-electron chi connectivity index (χ1n) is 8.79. The molecule has 2 rings (SSSR count). The molecular formula is C17H32N2OS. The predicted octanol–water partition coefficient (Wildman–Crippen LogP) is 3.32. The van der Waals surface area contributed by atoms with Gasteiger partial charge in [0, 0.05) is 5.25 Å². The second-order valence-electron chi connectivity index (χ2n) is 7.01. The van der Waals surface area contributed by atoms with E-state index in [0.717, 1.165) is 23.6 Å². The molecule has 0 unspecified atom stereocenters. The van der Waals surface area contributed by atoms with Crippen LogP contribution in [0.1, 0.15) is 64.7 Å². The van der Waals surface area contributed by atoms with Crippen LogP contribution in [0.25, 0.3) is 0 Å². The van der Waals surface area contributed by atoms with Crippen molar-refractivity contribution in [1.82, 2.24) is 5.32 Å². The maximum absolute atomic E-state index is 11.0. The van der Waals surface area contributed by atoms with Crippen LogP contribution in [0.4, 0.5) is 0 Å². The monoisotopic (exact) mass is 312 g/mol. The third-order valence-corrected chi connectivity index (χ3v) is 6.83. The molecule has 2 aliphatic carbocycles. The molecule has 0 bridgehead atoms. The van der Waals surface area contributed by atoms with Gasteiger partial charge in [-0.3, -0.25) is 4.79 Å². The summed E-state index contributed by atoms with van der Waals surface area (Å²) in [6.07, 6.45) is 12.6. The SMILES string of the molecule is C[C@H](NCC1CCC(SCC2CCCCC2)CC1)C(N)=O. The van der Waals surface area contributed by atoms with Crippen LogP contribution in [-0.2, 0) is 4.79 Å². The molecule has 1 amide bonds. The van der Waals surface area contributed by atoms with Crippen molar-refractivity contribution in [3.05, 3.63) is 0 Å². The van der Waals surface area contributed by atoms with Crippen LogP contribution in [0.2, 0.25) is 0 Å². The Labute approximate surface area is 134 Å². The van der Waals surface area contributed by atoms with Gasteiger partial charge in [0.25, 0.3) is 0 Å². The maximum Gasteiger partial charge on any atom is 0.234 e. The highest BCUT2D eigenvalue weighted by molar-refractivity contribution is 7.99. The topological polar surface area (TPSA) is 55.1 Å². The predicted molar refractivity (Wildman–Crippen MR) is 91.4 cm³/mol. The van der Waals surface area contributed by atoms with E-state index in [9.17, 15) is 4.79 Å². The van der Waals surface area contributed by atoms with Gasteiger partial charge in [0.1, 0.15) is 0 Å². The average Bonchev–Trinajstić information content (AvgIpc) is 2.52. The van der Waals surface area contributed by atoms with Crippen molar-refractivity contribution in [2.45, 2.75) is 76.0 Å². The number of carbonyl (C=O) groups excluding carboxylic acids is 1. The number of nitrogens with one attached hydrogen (secondary N) is 1. The Kier molecular flexibility index (Phi) is 7.38. The summed E-state index contributed by atoms with van der Waals surface area (Å²) >= 11 is 2.24. The summed E-state index contributed by atoms with van der Waals surface area (Å²) in [5, 5.41) is 4.15. The zero-order valence-corrected chi connectivity index (χ0v) is 14.3. The second-order valence-corrected chi connectivity index (χ2v) is 8.35. The molecular weight excluding hydrogens is 280 g/mol. The van der Waals surface area contributed by atoms with Crippen molar-refractivity contribution in [3.63, 3.8) is 0 Å². The van der Waals surface area contributed by atoms with Gasteiger partial charge < -0.3 is 11.1 Å². The molecule has 4 heteroatoms. The fourth-order valence-corrected chi connectivity index (χ4v) is 5.06. The van der Waals surface area contributed by atoms with Crippen LogP contribution in [0.15, 0.2) is 0 Å². The number of carbonyl (C=O) groups is 1. The van der Waals surface area contributed by atoms with Gasteiger partial charge in [-0.25, -0.2) is 0 Å². The molecule has 2 aliphatic rings. The molecule has 0 aliphatic heterocycles. The normalized spacial score (nSPS) is 29.2. The number of hydrogen-bond acceptors (Lipinski definition) is 3. The largest absolute Gasteiger partial charge is 0.368 e. The fraction of sp³-hybridized carbons (Fsp3) is 0.941. The van der Waals surface area contributed by atoms with Crippen molar-refractivity contribution >= 4 is 17.7 Å². The van der Waals surface area contributed by atoms with E-state index >= 15 is 0 Å². The lowest BCUT2D eigenvalue weighted by Crippen LogP contribution is -2.41. The molecule has 0 aromatic heterocycles. The number of amides is 1. The van der Waals surface area contributed by atoms with E-state index in [2.05, 4.69) is 17.1 Å². The Balaban J connectivity index is 1.56. The molecule has 0 saturated heterocycles. The van der Waals surface area contributed by atoms with Crippen LogP contribution in [0.3, 0.4) is 0 Å². The summed E-state index contributed by atoms with van der Waals surface area (Å²) in [7, 11) is 0. The van der Waals surface area contributed by atoms with E-state index in [4.69, 9.17) is 5.73 Å². The van der Waals surface area contributed by atoms with Crippen molar-refractivity contribution in [2.24, 2.45) is 17.6 Å². The Bertz CT molecular complexity index is 310. The van der Waals surface area contributed by atoms with Crippen LogP contribution >= 0.6 is 11.8 Å². The van der Waals surface area contributed by atoms with Crippen molar-refractivity contribution < 1.29 is 4.79 Å². The van der Waals surface area contributed by atoms with E-state index in [1.807, 2.05) is 6.92 Å². The van der Waals surface area contributed by atoms with E-state index in [1.165, 1.54) is 63.5 Å². The molecule has 3 nitrogen and oxygen atoms in total. The van der Waals surface area contributed by atoms with Gasteiger partial charge >= 0.3 is 0 Å². The van der Waals surface area contributed by atoms with Gasteiger partial charge in [-0.2, -0.15) is 11.8 Å². The zero-order chi connectivity index (χ0) is 15.1. The number of hydrogen-bond donors (Lipinski definition) is 2. The van der Waals surface area contributed by atoms with Gasteiger partial charge in [0.2, 0.25) is 5.91 Å². The van der Waals surface area contributed by atoms with Crippen molar-refractivity contribution in [3.8, 4) is 0 Å². The van der Waals surface area contributed by atoms with Crippen LogP contribution < -0.4 is 11.1 Å². The molecule has 21 heavy (non-hydrogen) atoms. The first-order chi connectivity index (χ1) is 10.1. The Morgan fingerprint density at radius 3 is 2.38 bits per heavy atom. The quantitative estimate of drug-likeness (QED) is 0.758. The summed E-state index contributed by atoms with van der Waals surface area (Å²) in [6, 6.07) is -0.191. The van der Waals surface area contributed by atoms with Crippen molar-refractivity contribution in [1.29, 1.82) is 0 Å². The van der Waals surface area contributed by atoms with Gasteiger partial charge in [0.05, 0.1) is 6.04 Å². The smallest absolute Gasteiger partial charge is 0.234 e. The molecule has 122 valence electrons. The third kappa shape index (κ3) is 6.19. The van der Waals surface area contributed by atoms with Gasteiger partial charge in [-0.15, -0.1) is 0 Å². The van der Waals surface area contributed by atoms with E-state index in [1.54, 1.807) is 0 Å². The molecule has 2 fully saturated rings. The first kappa shape index (κ1) is 17.1. The number of nitrogens with two attached hydrogens (primary N) is 1. The number of rotatable bonds is 7. The van der Waals surface area contributed by atoms with E-state index < -0.39 is 0 Å². The summed E-state index contributed by atoms with van der Waals surface area (Å²) in [6.45, 7) is 2.80. The first-order valence-corrected chi connectivity index (χ1v) is 9.84. The van der Waals surface area contributed by atoms with E-state index in [-0.39, 0.29) is 11.9 Å². The van der Waals surface area contributed by atoms with Gasteiger partial charge in [-0.05, 0) is 69.6 Å². The average molecular weight is 313 g/mol. The lowest BCUT2D eigenvalue weighted by Gasteiger charge is -2.30. The second kappa shape index (κ2) is 9.04. The highest BCUT2D eigenvalue weighted by Crippen LogP contribution is 2.35. The van der Waals surface area contributed by atoms with Crippen LogP contribution in [0.5, 0.6) is 0 Å². The maximum atomic E-state index is 11.0.